The highest BCUT2D eigenvalue weighted by Crippen LogP contribution is 2.14. The van der Waals surface area contributed by atoms with E-state index in [4.69, 9.17) is 0 Å². The molecule has 0 bridgehead atoms. The van der Waals surface area contributed by atoms with Gasteiger partial charge in [-0.05, 0) is 44.2 Å². The van der Waals surface area contributed by atoms with Crippen molar-refractivity contribution in [1.29, 1.82) is 0 Å². The molecule has 1 aliphatic rings. The van der Waals surface area contributed by atoms with E-state index in [1.165, 1.54) is 12.2 Å². The molecule has 1 saturated heterocycles. The van der Waals surface area contributed by atoms with Crippen molar-refractivity contribution < 1.29 is 4.79 Å². The Labute approximate surface area is 114 Å². The molecular weight excluding hydrogens is 242 g/mol. The highest BCUT2D eigenvalue weighted by atomic mass is 32.2. The Morgan fingerprint density at radius 3 is 2.94 bits per heavy atom. The summed E-state index contributed by atoms with van der Waals surface area (Å²) in [6.07, 6.45) is 1.20. The zero-order chi connectivity index (χ0) is 13.0. The molecule has 1 aliphatic heterocycles. The number of ketones is 1. The number of aryl methyl sites for hydroxylation is 2. The van der Waals surface area contributed by atoms with E-state index in [1.54, 1.807) is 0 Å². The third-order valence-corrected chi connectivity index (χ3v) is 4.42. The van der Waals surface area contributed by atoms with Gasteiger partial charge in [-0.3, -0.25) is 9.69 Å². The van der Waals surface area contributed by atoms with Gasteiger partial charge < -0.3 is 0 Å². The Kier molecular flexibility index (Phi) is 4.84. The van der Waals surface area contributed by atoms with Crippen molar-refractivity contribution in [1.82, 2.24) is 4.90 Å². The number of benzene rings is 1. The van der Waals surface area contributed by atoms with E-state index in [2.05, 4.69) is 11.0 Å². The van der Waals surface area contributed by atoms with Gasteiger partial charge in [0.25, 0.3) is 0 Å². The molecule has 1 aromatic carbocycles. The average Bonchev–Trinajstić information content (AvgIpc) is 2.61. The molecule has 1 heterocycles. The zero-order valence-corrected chi connectivity index (χ0v) is 12.1. The number of carbonyl (C=O) groups is 1. The highest BCUT2D eigenvalue weighted by Gasteiger charge is 2.15. The molecule has 0 spiro atoms. The lowest BCUT2D eigenvalue weighted by Crippen LogP contribution is -2.32. The molecule has 2 rings (SSSR count). The first-order chi connectivity index (χ1) is 8.66. The summed E-state index contributed by atoms with van der Waals surface area (Å²) in [6.45, 7) is 6.74. The molecule has 3 heteroatoms. The minimum Gasteiger partial charge on any atom is -0.295 e. The number of rotatable bonds is 3. The normalized spacial score (nSPS) is 17.4. The number of carbonyl (C=O) groups excluding carboxylic acids is 1. The van der Waals surface area contributed by atoms with E-state index >= 15 is 0 Å². The Morgan fingerprint density at radius 1 is 1.28 bits per heavy atom. The van der Waals surface area contributed by atoms with Crippen molar-refractivity contribution in [3.8, 4) is 0 Å². The molecule has 0 radical (unpaired) electrons. The largest absolute Gasteiger partial charge is 0.295 e. The molecule has 2 nitrogen and oxygen atoms in total. The van der Waals surface area contributed by atoms with Crippen molar-refractivity contribution in [2.75, 3.05) is 31.1 Å². The average molecular weight is 263 g/mol. The molecule has 0 atom stereocenters. The van der Waals surface area contributed by atoms with Crippen molar-refractivity contribution in [2.24, 2.45) is 0 Å². The smallest absolute Gasteiger partial charge is 0.177 e. The molecule has 98 valence electrons. The lowest BCUT2D eigenvalue weighted by atomic mass is 10.0. The minimum atomic E-state index is 0.267. The van der Waals surface area contributed by atoms with Crippen molar-refractivity contribution in [3.63, 3.8) is 0 Å². The molecule has 0 unspecified atom stereocenters. The van der Waals surface area contributed by atoms with Crippen LogP contribution in [0.2, 0.25) is 0 Å². The minimum absolute atomic E-state index is 0.267. The molecule has 0 N–H and O–H groups in total. The van der Waals surface area contributed by atoms with Crippen LogP contribution in [0.3, 0.4) is 0 Å². The van der Waals surface area contributed by atoms with E-state index in [9.17, 15) is 4.79 Å². The van der Waals surface area contributed by atoms with Gasteiger partial charge in [0.2, 0.25) is 0 Å². The van der Waals surface area contributed by atoms with Gasteiger partial charge in [0.15, 0.2) is 5.78 Å². The van der Waals surface area contributed by atoms with Gasteiger partial charge >= 0.3 is 0 Å². The maximum Gasteiger partial charge on any atom is 0.177 e. The third-order valence-electron chi connectivity index (χ3n) is 3.38. The monoisotopic (exact) mass is 263 g/mol. The number of Topliss-reactive ketones (excluding diaryl/α,β-unsaturated/α-hetero) is 1. The maximum absolute atomic E-state index is 12.3. The summed E-state index contributed by atoms with van der Waals surface area (Å²) >= 11 is 2.00. The maximum atomic E-state index is 12.3. The van der Waals surface area contributed by atoms with Gasteiger partial charge in [-0.2, -0.15) is 11.8 Å². The third kappa shape index (κ3) is 3.59. The van der Waals surface area contributed by atoms with Crippen LogP contribution in [0.15, 0.2) is 18.2 Å². The molecule has 0 aliphatic carbocycles. The first-order valence-corrected chi connectivity index (χ1v) is 7.73. The van der Waals surface area contributed by atoms with Gasteiger partial charge in [-0.15, -0.1) is 0 Å². The number of thioether (sulfide) groups is 1. The molecule has 0 amide bonds. The van der Waals surface area contributed by atoms with Crippen LogP contribution in [-0.2, 0) is 0 Å². The Bertz CT molecular complexity index is 423. The summed E-state index contributed by atoms with van der Waals surface area (Å²) in [6, 6.07) is 6.12. The first-order valence-electron chi connectivity index (χ1n) is 6.57. The molecular formula is C15H21NOS. The highest BCUT2D eigenvalue weighted by molar-refractivity contribution is 7.99. The van der Waals surface area contributed by atoms with Gasteiger partial charge in [0.05, 0.1) is 6.54 Å². The number of hydrogen-bond acceptors (Lipinski definition) is 3. The Morgan fingerprint density at radius 2 is 2.11 bits per heavy atom. The standard InChI is InChI=1S/C15H21NOS/c1-12-4-5-13(2)14(10-12)15(17)11-16-6-3-8-18-9-7-16/h4-5,10H,3,6-9,11H2,1-2H3. The van der Waals surface area contributed by atoms with Crippen LogP contribution in [0, 0.1) is 13.8 Å². The fraction of sp³-hybridized carbons (Fsp3) is 0.533. The van der Waals surface area contributed by atoms with Crippen molar-refractivity contribution in [2.45, 2.75) is 20.3 Å². The quantitative estimate of drug-likeness (QED) is 0.782. The molecule has 1 fully saturated rings. The molecule has 0 saturated carbocycles. The van der Waals surface area contributed by atoms with Crippen LogP contribution in [0.4, 0.5) is 0 Å². The fourth-order valence-electron chi connectivity index (χ4n) is 2.28. The molecule has 0 aromatic heterocycles. The number of hydrogen-bond donors (Lipinski definition) is 0. The van der Waals surface area contributed by atoms with Crippen molar-refractivity contribution >= 4 is 17.5 Å². The Hall–Kier alpha value is -0.800. The van der Waals surface area contributed by atoms with Crippen LogP contribution in [0.25, 0.3) is 0 Å². The van der Waals surface area contributed by atoms with Crippen LogP contribution in [0.5, 0.6) is 0 Å². The molecule has 1 aromatic rings. The predicted molar refractivity (Wildman–Crippen MR) is 78.6 cm³/mol. The second-order valence-electron chi connectivity index (χ2n) is 4.98. The van der Waals surface area contributed by atoms with E-state index in [0.717, 1.165) is 35.5 Å². The fourth-order valence-corrected chi connectivity index (χ4v) is 3.21. The second kappa shape index (κ2) is 6.39. The predicted octanol–water partition coefficient (Wildman–Crippen LogP) is 2.93. The topological polar surface area (TPSA) is 20.3 Å². The van der Waals surface area contributed by atoms with Crippen LogP contribution < -0.4 is 0 Å². The summed E-state index contributed by atoms with van der Waals surface area (Å²) in [7, 11) is 0. The van der Waals surface area contributed by atoms with E-state index in [0.29, 0.717) is 6.54 Å². The zero-order valence-electron chi connectivity index (χ0n) is 11.2. The molecule has 18 heavy (non-hydrogen) atoms. The number of nitrogens with zero attached hydrogens (tertiary/aromatic N) is 1. The Balaban J connectivity index is 2.04. The van der Waals surface area contributed by atoms with Crippen LogP contribution in [0.1, 0.15) is 27.9 Å². The lowest BCUT2D eigenvalue weighted by Gasteiger charge is -2.19. The summed E-state index contributed by atoms with van der Waals surface area (Å²) < 4.78 is 0. The van der Waals surface area contributed by atoms with Gasteiger partial charge in [0.1, 0.15) is 0 Å². The lowest BCUT2D eigenvalue weighted by molar-refractivity contribution is 0.0935. The van der Waals surface area contributed by atoms with Gasteiger partial charge in [-0.25, -0.2) is 0 Å². The van der Waals surface area contributed by atoms with Crippen molar-refractivity contribution in [3.05, 3.63) is 34.9 Å². The van der Waals surface area contributed by atoms with E-state index in [1.807, 2.05) is 37.7 Å². The summed E-state index contributed by atoms with van der Waals surface area (Å²) in [5, 5.41) is 0. The summed E-state index contributed by atoms with van der Waals surface area (Å²) in [5.74, 6) is 2.65. The summed E-state index contributed by atoms with van der Waals surface area (Å²) in [4.78, 5) is 14.6. The van der Waals surface area contributed by atoms with Gasteiger partial charge in [-0.1, -0.05) is 17.7 Å². The van der Waals surface area contributed by atoms with Crippen LogP contribution >= 0.6 is 11.8 Å². The van der Waals surface area contributed by atoms with E-state index in [-0.39, 0.29) is 5.78 Å². The van der Waals surface area contributed by atoms with E-state index < -0.39 is 0 Å². The SMILES string of the molecule is Cc1ccc(C)c(C(=O)CN2CCCSCC2)c1. The first kappa shape index (κ1) is 13.6. The van der Waals surface area contributed by atoms with Gasteiger partial charge in [0, 0.05) is 17.9 Å². The second-order valence-corrected chi connectivity index (χ2v) is 6.21. The summed E-state index contributed by atoms with van der Waals surface area (Å²) in [5.41, 5.74) is 3.15. The van der Waals surface area contributed by atoms with Crippen LogP contribution in [-0.4, -0.2) is 41.8 Å².